The average Bonchev–Trinajstić information content (AvgIpc) is 3.07. The Balaban J connectivity index is 2.27. The molecule has 1 saturated heterocycles. The first kappa shape index (κ1) is 23.0. The molecule has 0 bridgehead atoms. The molecule has 2 aromatic rings. The number of halogens is 4. The van der Waals surface area contributed by atoms with Crippen molar-refractivity contribution in [3.63, 3.8) is 0 Å². The van der Waals surface area contributed by atoms with Gasteiger partial charge in [-0.3, -0.25) is 23.5 Å². The molecule has 2 amide bonds. The number of thiophene rings is 1. The Morgan fingerprint density at radius 1 is 1.26 bits per heavy atom. The maximum absolute atomic E-state index is 14.7. The van der Waals surface area contributed by atoms with Gasteiger partial charge >= 0.3 is 23.3 Å². The fourth-order valence-electron chi connectivity index (χ4n) is 3.53. The van der Waals surface area contributed by atoms with Crippen LogP contribution in [-0.2, 0) is 17.9 Å². The lowest BCUT2D eigenvalue weighted by Crippen LogP contribution is -2.49. The molecule has 2 unspecified atom stereocenters. The minimum atomic E-state index is -4.56. The van der Waals surface area contributed by atoms with Crippen LogP contribution in [0.4, 0.5) is 17.6 Å². The van der Waals surface area contributed by atoms with Crippen molar-refractivity contribution < 1.29 is 27.2 Å². The Bertz CT molecular complexity index is 1150. The van der Waals surface area contributed by atoms with Gasteiger partial charge in [-0.2, -0.15) is 17.6 Å². The van der Waals surface area contributed by atoms with Gasteiger partial charge in [0.2, 0.25) is 10.8 Å². The topological polar surface area (TPSA) is 93.4 Å². The minimum Gasteiger partial charge on any atom is -0.353 e. The van der Waals surface area contributed by atoms with E-state index in [2.05, 4.69) is 5.32 Å². The normalized spacial score (nSPS) is 16.5. The molecule has 0 spiro atoms. The zero-order valence-corrected chi connectivity index (χ0v) is 17.6. The Morgan fingerprint density at radius 2 is 1.94 bits per heavy atom. The highest BCUT2D eigenvalue weighted by atomic mass is 32.2. The highest BCUT2D eigenvalue weighted by molar-refractivity contribution is 7.39. The number of amides is 2. The summed E-state index contributed by atoms with van der Waals surface area (Å²) in [4.78, 5) is 51.4. The minimum absolute atomic E-state index is 0.121. The molecule has 0 radical (unpaired) electrons. The Labute approximate surface area is 176 Å². The number of hydrogen-bond donors (Lipinski definition) is 1. The van der Waals surface area contributed by atoms with Crippen LogP contribution in [0.1, 0.15) is 35.4 Å². The molecule has 8 nitrogen and oxygen atoms in total. The molecule has 3 heterocycles. The van der Waals surface area contributed by atoms with Crippen LogP contribution >= 0.6 is 10.5 Å². The quantitative estimate of drug-likeness (QED) is 0.540. The third-order valence-electron chi connectivity index (χ3n) is 4.95. The number of rotatable bonds is 5. The van der Waals surface area contributed by atoms with E-state index in [4.69, 9.17) is 0 Å². The van der Waals surface area contributed by atoms with E-state index >= 15 is 0 Å². The SMILES string of the molecule is CCn1c(=O)c2c(cc(C(=O)N3CCNC(=O)C3)[s+]2C(C)F)n(CCC(F)(F)F)c1=O. The number of carbonyl (C=O) groups excluding carboxylic acids is 2. The Kier molecular flexibility index (Phi) is 6.25. The first-order valence-electron chi connectivity index (χ1n) is 9.55. The van der Waals surface area contributed by atoms with Crippen LogP contribution in [0.3, 0.4) is 0 Å². The van der Waals surface area contributed by atoms with Crippen LogP contribution in [0.15, 0.2) is 15.7 Å². The molecule has 1 aliphatic rings. The zero-order chi connectivity index (χ0) is 23.1. The predicted octanol–water partition coefficient (Wildman–Crippen LogP) is 1.94. The summed E-state index contributed by atoms with van der Waals surface area (Å²) in [5.41, 5.74) is -3.66. The Hall–Kier alpha value is -2.70. The van der Waals surface area contributed by atoms with E-state index in [9.17, 15) is 36.7 Å². The van der Waals surface area contributed by atoms with Gasteiger partial charge in [0.25, 0.3) is 10.2 Å². The van der Waals surface area contributed by atoms with Gasteiger partial charge in [-0.15, -0.1) is 0 Å². The van der Waals surface area contributed by atoms with E-state index in [1.807, 2.05) is 0 Å². The maximum atomic E-state index is 14.7. The van der Waals surface area contributed by atoms with Gasteiger partial charge in [0.05, 0.1) is 6.42 Å². The molecule has 170 valence electrons. The second-order valence-corrected chi connectivity index (χ2v) is 9.20. The van der Waals surface area contributed by atoms with Crippen molar-refractivity contribution in [3.8, 4) is 0 Å². The van der Waals surface area contributed by atoms with E-state index in [-0.39, 0.29) is 41.3 Å². The number of nitrogens with zero attached hydrogens (tertiary/aromatic N) is 3. The number of hydrogen-bond acceptors (Lipinski definition) is 4. The molecule has 0 saturated carbocycles. The van der Waals surface area contributed by atoms with E-state index in [1.54, 1.807) is 0 Å². The van der Waals surface area contributed by atoms with Crippen molar-refractivity contribution in [3.05, 3.63) is 31.8 Å². The summed E-state index contributed by atoms with van der Waals surface area (Å²) in [5, 5.41) is 2.55. The van der Waals surface area contributed by atoms with Crippen molar-refractivity contribution in [1.82, 2.24) is 19.4 Å². The molecule has 2 aromatic heterocycles. The van der Waals surface area contributed by atoms with Gasteiger partial charge in [-0.25, -0.2) is 4.79 Å². The fourth-order valence-corrected chi connectivity index (χ4v) is 5.68. The summed E-state index contributed by atoms with van der Waals surface area (Å²) in [6, 6.07) is 1.13. The highest BCUT2D eigenvalue weighted by Crippen LogP contribution is 2.43. The van der Waals surface area contributed by atoms with E-state index in [1.165, 1.54) is 11.8 Å². The monoisotopic (exact) mass is 465 g/mol. The molecule has 1 aliphatic heterocycles. The van der Waals surface area contributed by atoms with Crippen molar-refractivity contribution in [1.29, 1.82) is 0 Å². The molecule has 0 aliphatic carbocycles. The largest absolute Gasteiger partial charge is 0.390 e. The van der Waals surface area contributed by atoms with Gasteiger partial charge in [0.1, 0.15) is 12.1 Å². The second kappa shape index (κ2) is 8.44. The molecule has 2 atom stereocenters. The van der Waals surface area contributed by atoms with Crippen LogP contribution in [0.5, 0.6) is 0 Å². The molecular formula is C18H21F4N4O4S+. The van der Waals surface area contributed by atoms with Crippen molar-refractivity contribution >= 4 is 32.5 Å². The van der Waals surface area contributed by atoms with Crippen LogP contribution in [0.25, 0.3) is 10.2 Å². The summed E-state index contributed by atoms with van der Waals surface area (Å²) in [7, 11) is -1.70. The number of aryl methyl sites for hydroxylation is 1. The lowest BCUT2D eigenvalue weighted by Gasteiger charge is -2.25. The molecule has 1 fully saturated rings. The van der Waals surface area contributed by atoms with Crippen molar-refractivity contribution in [2.24, 2.45) is 0 Å². The van der Waals surface area contributed by atoms with Gasteiger partial charge in [-0.05, 0) is 6.92 Å². The standard InChI is InChI=1S/C18H20F4N4O4S/c1-3-25-16(29)14-11(26(17(25)30)6-4-18(20,21)22)8-12(31(14)10(2)19)15(28)24-7-5-23-13(27)9-24/h8,10H,3-7,9H2,1-2H3/p+1. The molecule has 31 heavy (non-hydrogen) atoms. The van der Waals surface area contributed by atoms with E-state index < -0.39 is 58.2 Å². The first-order chi connectivity index (χ1) is 14.5. The molecular weight excluding hydrogens is 444 g/mol. The molecule has 13 heteroatoms. The summed E-state index contributed by atoms with van der Waals surface area (Å²) < 4.78 is 54.5. The number of carbonyl (C=O) groups is 2. The van der Waals surface area contributed by atoms with Crippen molar-refractivity contribution in [2.45, 2.75) is 45.0 Å². The second-order valence-electron chi connectivity index (χ2n) is 7.03. The van der Waals surface area contributed by atoms with Crippen LogP contribution in [0.2, 0.25) is 0 Å². The van der Waals surface area contributed by atoms with Gasteiger partial charge in [0.15, 0.2) is 0 Å². The maximum Gasteiger partial charge on any atom is 0.390 e. The molecule has 1 N–H and O–H groups in total. The third-order valence-corrected chi connectivity index (χ3v) is 7.19. The summed E-state index contributed by atoms with van der Waals surface area (Å²) in [6.07, 6.45) is -5.89. The number of nitrogens with one attached hydrogen (secondary N) is 1. The van der Waals surface area contributed by atoms with Crippen LogP contribution in [0, 0.1) is 0 Å². The summed E-state index contributed by atoms with van der Waals surface area (Å²) in [5.74, 6) is -1.09. The fraction of sp³-hybridized carbons (Fsp3) is 0.556. The highest BCUT2D eigenvalue weighted by Gasteiger charge is 2.39. The summed E-state index contributed by atoms with van der Waals surface area (Å²) in [6.45, 7) is 1.82. The van der Waals surface area contributed by atoms with Crippen molar-refractivity contribution in [2.75, 3.05) is 19.6 Å². The van der Waals surface area contributed by atoms with E-state index in [0.717, 1.165) is 22.1 Å². The van der Waals surface area contributed by atoms with Gasteiger partial charge in [0, 0.05) is 49.6 Å². The summed E-state index contributed by atoms with van der Waals surface area (Å²) >= 11 is 0. The van der Waals surface area contributed by atoms with Gasteiger partial charge in [-0.1, -0.05) is 0 Å². The van der Waals surface area contributed by atoms with Gasteiger partial charge < -0.3 is 10.2 Å². The molecule has 3 rings (SSSR count). The third kappa shape index (κ3) is 4.36. The lowest BCUT2D eigenvalue weighted by atomic mass is 10.3. The number of alkyl halides is 4. The zero-order valence-electron chi connectivity index (χ0n) is 16.8. The van der Waals surface area contributed by atoms with E-state index in [0.29, 0.717) is 0 Å². The molecule has 0 aromatic carbocycles. The predicted molar refractivity (Wildman–Crippen MR) is 106 cm³/mol. The Morgan fingerprint density at radius 3 is 2.48 bits per heavy atom. The average molecular weight is 465 g/mol. The lowest BCUT2D eigenvalue weighted by molar-refractivity contribution is -0.136. The number of aromatic nitrogens is 2. The van der Waals surface area contributed by atoms with Crippen LogP contribution in [-0.4, -0.2) is 51.7 Å². The van der Waals surface area contributed by atoms with Crippen LogP contribution < -0.4 is 16.6 Å². The smallest absolute Gasteiger partial charge is 0.353 e. The number of fused-ring (bicyclic) bond motifs is 1. The first-order valence-corrected chi connectivity index (χ1v) is 10.8. The number of piperazine rings is 1.